The van der Waals surface area contributed by atoms with Gasteiger partial charge in [-0.05, 0) is 26.2 Å². The molecule has 1 saturated carbocycles. The first-order valence-electron chi connectivity index (χ1n) is 6.73. The standard InChI is InChI=1S/C15H20O4/c1-15-10(5-4-6-13(15)16)14-11(18-3)7-9(17-2)8-12(14)19-15/h7-8,10,13,16H,4-6H2,1-3H3/t10-,13?,15+/m0/s1. The molecule has 0 spiro atoms. The van der Waals surface area contributed by atoms with E-state index < -0.39 is 11.7 Å². The van der Waals surface area contributed by atoms with E-state index in [9.17, 15) is 5.11 Å². The van der Waals surface area contributed by atoms with E-state index in [2.05, 4.69) is 0 Å². The minimum atomic E-state index is -0.541. The van der Waals surface area contributed by atoms with Gasteiger partial charge < -0.3 is 19.3 Å². The third kappa shape index (κ3) is 1.70. The highest BCUT2D eigenvalue weighted by atomic mass is 16.5. The summed E-state index contributed by atoms with van der Waals surface area (Å²) in [6, 6.07) is 3.77. The molecular formula is C15H20O4. The van der Waals surface area contributed by atoms with Crippen molar-refractivity contribution in [1.82, 2.24) is 0 Å². The highest BCUT2D eigenvalue weighted by Crippen LogP contribution is 2.56. The largest absolute Gasteiger partial charge is 0.496 e. The Bertz CT molecular complexity index is 499. The number of aliphatic hydroxyl groups excluding tert-OH is 1. The molecule has 1 aromatic rings. The second kappa shape index (κ2) is 4.30. The zero-order valence-corrected chi connectivity index (χ0v) is 11.6. The lowest BCUT2D eigenvalue weighted by Crippen LogP contribution is -2.49. The smallest absolute Gasteiger partial charge is 0.139 e. The molecule has 1 heterocycles. The molecule has 4 nitrogen and oxygen atoms in total. The highest BCUT2D eigenvalue weighted by molar-refractivity contribution is 5.56. The maximum Gasteiger partial charge on any atom is 0.139 e. The average molecular weight is 264 g/mol. The van der Waals surface area contributed by atoms with Gasteiger partial charge in [-0.25, -0.2) is 0 Å². The van der Waals surface area contributed by atoms with Gasteiger partial charge in [0.15, 0.2) is 0 Å². The van der Waals surface area contributed by atoms with E-state index in [0.717, 1.165) is 36.3 Å². The lowest BCUT2D eigenvalue weighted by Gasteiger charge is -2.39. The van der Waals surface area contributed by atoms with Crippen molar-refractivity contribution < 1.29 is 19.3 Å². The first-order chi connectivity index (χ1) is 9.10. The SMILES string of the molecule is COc1cc(OC)c2c(c1)O[C@@]1(C)C(O)CCC[C@@H]21. The van der Waals surface area contributed by atoms with E-state index in [1.807, 2.05) is 19.1 Å². The number of fused-ring (bicyclic) bond motifs is 3. The molecule has 19 heavy (non-hydrogen) atoms. The summed E-state index contributed by atoms with van der Waals surface area (Å²) >= 11 is 0. The Balaban J connectivity index is 2.12. The van der Waals surface area contributed by atoms with E-state index in [4.69, 9.17) is 14.2 Å². The van der Waals surface area contributed by atoms with Crippen molar-refractivity contribution in [3.8, 4) is 17.2 Å². The maximum atomic E-state index is 10.3. The van der Waals surface area contributed by atoms with Crippen LogP contribution in [-0.2, 0) is 0 Å². The van der Waals surface area contributed by atoms with Crippen LogP contribution in [0.4, 0.5) is 0 Å². The van der Waals surface area contributed by atoms with Crippen LogP contribution in [0, 0.1) is 0 Å². The Morgan fingerprint density at radius 2 is 2.05 bits per heavy atom. The zero-order chi connectivity index (χ0) is 13.6. The van der Waals surface area contributed by atoms with Crippen LogP contribution < -0.4 is 14.2 Å². The molecule has 1 aliphatic carbocycles. The van der Waals surface area contributed by atoms with Gasteiger partial charge in [0.25, 0.3) is 0 Å². The van der Waals surface area contributed by atoms with Gasteiger partial charge in [0.1, 0.15) is 22.8 Å². The fourth-order valence-electron chi connectivity index (χ4n) is 3.42. The molecule has 1 N–H and O–H groups in total. The summed E-state index contributed by atoms with van der Waals surface area (Å²) < 4.78 is 16.8. The molecule has 0 saturated heterocycles. The average Bonchev–Trinajstić information content (AvgIpc) is 2.72. The first-order valence-corrected chi connectivity index (χ1v) is 6.73. The lowest BCUT2D eigenvalue weighted by molar-refractivity contribution is -0.0658. The molecule has 3 rings (SSSR count). The summed E-state index contributed by atoms with van der Waals surface area (Å²) in [6.07, 6.45) is 2.39. The summed E-state index contributed by atoms with van der Waals surface area (Å²) in [5, 5.41) is 10.3. The quantitative estimate of drug-likeness (QED) is 0.891. The molecule has 3 atom stereocenters. The van der Waals surface area contributed by atoms with E-state index in [1.54, 1.807) is 14.2 Å². The Hall–Kier alpha value is -1.42. The molecule has 0 bridgehead atoms. The van der Waals surface area contributed by atoms with Crippen molar-refractivity contribution in [2.75, 3.05) is 14.2 Å². The molecule has 1 aromatic carbocycles. The van der Waals surface area contributed by atoms with Gasteiger partial charge in [-0.3, -0.25) is 0 Å². The highest BCUT2D eigenvalue weighted by Gasteiger charge is 2.53. The third-order valence-corrected chi connectivity index (χ3v) is 4.54. The minimum Gasteiger partial charge on any atom is -0.496 e. The second-order valence-electron chi connectivity index (χ2n) is 5.53. The first kappa shape index (κ1) is 12.6. The van der Waals surface area contributed by atoms with Gasteiger partial charge in [-0.1, -0.05) is 0 Å². The van der Waals surface area contributed by atoms with Crippen LogP contribution in [0.15, 0.2) is 12.1 Å². The van der Waals surface area contributed by atoms with Gasteiger partial charge in [-0.2, -0.15) is 0 Å². The van der Waals surface area contributed by atoms with Crippen molar-refractivity contribution in [2.45, 2.75) is 43.8 Å². The third-order valence-electron chi connectivity index (χ3n) is 4.54. The van der Waals surface area contributed by atoms with Crippen molar-refractivity contribution in [2.24, 2.45) is 0 Å². The van der Waals surface area contributed by atoms with E-state index in [-0.39, 0.29) is 5.92 Å². The molecule has 1 unspecified atom stereocenters. The van der Waals surface area contributed by atoms with Crippen LogP contribution in [0.25, 0.3) is 0 Å². The molecule has 4 heteroatoms. The molecule has 104 valence electrons. The summed E-state index contributed by atoms with van der Waals surface area (Å²) in [5.41, 5.74) is 0.532. The van der Waals surface area contributed by atoms with E-state index in [1.165, 1.54) is 0 Å². The van der Waals surface area contributed by atoms with Gasteiger partial charge in [-0.15, -0.1) is 0 Å². The zero-order valence-electron chi connectivity index (χ0n) is 11.6. The summed E-state index contributed by atoms with van der Waals surface area (Å²) in [7, 11) is 3.28. The predicted octanol–water partition coefficient (Wildman–Crippen LogP) is 2.48. The Kier molecular flexibility index (Phi) is 2.86. The molecular weight excluding hydrogens is 244 g/mol. The maximum absolute atomic E-state index is 10.3. The normalized spacial score (nSPS) is 32.2. The van der Waals surface area contributed by atoms with Crippen molar-refractivity contribution in [3.05, 3.63) is 17.7 Å². The second-order valence-corrected chi connectivity index (χ2v) is 5.53. The van der Waals surface area contributed by atoms with Gasteiger partial charge in [0.05, 0.1) is 20.3 Å². The number of ether oxygens (including phenoxy) is 3. The number of aliphatic hydroxyl groups is 1. The number of rotatable bonds is 2. The fraction of sp³-hybridized carbons (Fsp3) is 0.600. The summed E-state index contributed by atoms with van der Waals surface area (Å²) in [4.78, 5) is 0. The molecule has 0 amide bonds. The van der Waals surface area contributed by atoms with Crippen molar-refractivity contribution in [3.63, 3.8) is 0 Å². The summed E-state index contributed by atoms with van der Waals surface area (Å²) in [6.45, 7) is 1.99. The van der Waals surface area contributed by atoms with Crippen LogP contribution in [0.5, 0.6) is 17.2 Å². The van der Waals surface area contributed by atoms with Crippen molar-refractivity contribution >= 4 is 0 Å². The number of benzene rings is 1. The number of hydrogen-bond acceptors (Lipinski definition) is 4. The van der Waals surface area contributed by atoms with Gasteiger partial charge >= 0.3 is 0 Å². The predicted molar refractivity (Wildman–Crippen MR) is 71.2 cm³/mol. The Morgan fingerprint density at radius 1 is 1.26 bits per heavy atom. The molecule has 2 aliphatic rings. The molecule has 0 radical (unpaired) electrons. The Labute approximate surface area is 113 Å². The monoisotopic (exact) mass is 264 g/mol. The van der Waals surface area contributed by atoms with E-state index in [0.29, 0.717) is 5.75 Å². The molecule has 1 fully saturated rings. The van der Waals surface area contributed by atoms with Crippen LogP contribution in [0.1, 0.15) is 37.7 Å². The molecule has 1 aliphatic heterocycles. The van der Waals surface area contributed by atoms with Gasteiger partial charge in [0.2, 0.25) is 0 Å². The fourth-order valence-corrected chi connectivity index (χ4v) is 3.42. The van der Waals surface area contributed by atoms with Crippen LogP contribution in [-0.4, -0.2) is 31.0 Å². The lowest BCUT2D eigenvalue weighted by atomic mass is 9.72. The van der Waals surface area contributed by atoms with Gasteiger partial charge in [0, 0.05) is 23.6 Å². The summed E-state index contributed by atoms with van der Waals surface area (Å²) in [5.74, 6) is 2.47. The van der Waals surface area contributed by atoms with Crippen LogP contribution >= 0.6 is 0 Å². The van der Waals surface area contributed by atoms with Crippen LogP contribution in [0.2, 0.25) is 0 Å². The minimum absolute atomic E-state index is 0.187. The Morgan fingerprint density at radius 3 is 2.74 bits per heavy atom. The topological polar surface area (TPSA) is 47.9 Å². The molecule has 0 aromatic heterocycles. The number of methoxy groups -OCH3 is 2. The van der Waals surface area contributed by atoms with E-state index >= 15 is 0 Å². The van der Waals surface area contributed by atoms with Crippen molar-refractivity contribution in [1.29, 1.82) is 0 Å². The van der Waals surface area contributed by atoms with Crippen LogP contribution in [0.3, 0.4) is 0 Å². The number of hydrogen-bond donors (Lipinski definition) is 1.